The van der Waals surface area contributed by atoms with Crippen LogP contribution in [0.2, 0.25) is 0 Å². The summed E-state index contributed by atoms with van der Waals surface area (Å²) in [5.74, 6) is 0.0250. The molecule has 1 saturated carbocycles. The summed E-state index contributed by atoms with van der Waals surface area (Å²) in [7, 11) is 0. The molecule has 1 aliphatic carbocycles. The lowest BCUT2D eigenvalue weighted by molar-refractivity contribution is -0.121. The first-order chi connectivity index (χ1) is 14.9. The molecule has 1 aromatic heterocycles. The van der Waals surface area contributed by atoms with Crippen LogP contribution in [-0.4, -0.2) is 26.8 Å². The number of halogens is 1. The quantitative estimate of drug-likeness (QED) is 0.462. The number of amides is 1. The molecular weight excluding hydrogens is 413 g/mol. The Kier molecular flexibility index (Phi) is 6.41. The van der Waals surface area contributed by atoms with Gasteiger partial charge in [0.25, 0.3) is 5.56 Å². The molecule has 2 aromatic carbocycles. The molecule has 1 N–H and O–H groups in total. The molecule has 0 bridgehead atoms. The number of fused-ring (bicyclic) bond motifs is 1. The Morgan fingerprint density at radius 2 is 1.87 bits per heavy atom. The van der Waals surface area contributed by atoms with Crippen LogP contribution in [0, 0.1) is 11.7 Å². The summed E-state index contributed by atoms with van der Waals surface area (Å²) in [6.07, 6.45) is 4.47. The van der Waals surface area contributed by atoms with Crippen molar-refractivity contribution in [1.82, 2.24) is 14.9 Å². The van der Waals surface area contributed by atoms with Crippen LogP contribution in [0.4, 0.5) is 4.39 Å². The summed E-state index contributed by atoms with van der Waals surface area (Å²) in [5.41, 5.74) is 0.843. The first kappa shape index (κ1) is 21.6. The first-order valence-electron chi connectivity index (χ1n) is 10.7. The summed E-state index contributed by atoms with van der Waals surface area (Å²) >= 11 is 1.24. The van der Waals surface area contributed by atoms with E-state index in [-0.39, 0.29) is 23.3 Å². The van der Waals surface area contributed by atoms with E-state index in [1.807, 2.05) is 13.0 Å². The Morgan fingerprint density at radius 3 is 2.61 bits per heavy atom. The first-order valence-corrected chi connectivity index (χ1v) is 11.6. The van der Waals surface area contributed by atoms with Gasteiger partial charge in [-0.25, -0.2) is 9.37 Å². The zero-order chi connectivity index (χ0) is 22.0. The number of hydrogen-bond donors (Lipinski definition) is 1. The van der Waals surface area contributed by atoms with Crippen molar-refractivity contribution in [2.24, 2.45) is 5.92 Å². The molecule has 0 saturated heterocycles. The molecule has 1 aliphatic rings. The summed E-state index contributed by atoms with van der Waals surface area (Å²) in [6.45, 7) is 4.00. The number of hydrogen-bond acceptors (Lipinski definition) is 4. The molecule has 7 heteroatoms. The summed E-state index contributed by atoms with van der Waals surface area (Å²) < 4.78 is 14.9. The SMILES string of the molecule is CC(Sc1nc2ccccc2c(=O)n1-c1ccc(F)cc1)C(=O)NC1CCCCC1C. The molecular formula is C24H26FN3O2S. The van der Waals surface area contributed by atoms with Crippen molar-refractivity contribution < 1.29 is 9.18 Å². The van der Waals surface area contributed by atoms with Crippen LogP contribution in [0.15, 0.2) is 58.5 Å². The van der Waals surface area contributed by atoms with Gasteiger partial charge in [0.2, 0.25) is 5.91 Å². The average Bonchev–Trinajstić information content (AvgIpc) is 2.76. The van der Waals surface area contributed by atoms with Gasteiger partial charge in [0.05, 0.1) is 21.8 Å². The second-order valence-electron chi connectivity index (χ2n) is 8.17. The third-order valence-corrected chi connectivity index (χ3v) is 6.97. The van der Waals surface area contributed by atoms with Crippen LogP contribution in [0.1, 0.15) is 39.5 Å². The molecule has 3 aromatic rings. The second-order valence-corrected chi connectivity index (χ2v) is 9.47. The fraction of sp³-hybridized carbons (Fsp3) is 0.375. The minimum atomic E-state index is -0.436. The van der Waals surface area contributed by atoms with E-state index in [1.54, 1.807) is 30.3 Å². The molecule has 5 nitrogen and oxygen atoms in total. The van der Waals surface area contributed by atoms with Crippen molar-refractivity contribution in [2.75, 3.05) is 0 Å². The number of nitrogens with zero attached hydrogens (tertiary/aromatic N) is 2. The zero-order valence-electron chi connectivity index (χ0n) is 17.7. The molecule has 0 radical (unpaired) electrons. The van der Waals surface area contributed by atoms with E-state index in [0.29, 0.717) is 27.7 Å². The van der Waals surface area contributed by atoms with Crippen LogP contribution in [0.25, 0.3) is 16.6 Å². The topological polar surface area (TPSA) is 64.0 Å². The predicted molar refractivity (Wildman–Crippen MR) is 122 cm³/mol. The molecule has 1 heterocycles. The number of benzene rings is 2. The fourth-order valence-electron chi connectivity index (χ4n) is 4.05. The van der Waals surface area contributed by atoms with Crippen LogP contribution in [0.5, 0.6) is 0 Å². The van der Waals surface area contributed by atoms with E-state index in [9.17, 15) is 14.0 Å². The van der Waals surface area contributed by atoms with E-state index < -0.39 is 5.25 Å². The van der Waals surface area contributed by atoms with Gasteiger partial charge in [0, 0.05) is 6.04 Å². The van der Waals surface area contributed by atoms with Crippen molar-refractivity contribution in [1.29, 1.82) is 0 Å². The maximum absolute atomic E-state index is 13.5. The summed E-state index contributed by atoms with van der Waals surface area (Å²) in [6, 6.07) is 13.0. The highest BCUT2D eigenvalue weighted by atomic mass is 32.2. The van der Waals surface area contributed by atoms with Gasteiger partial charge in [-0.15, -0.1) is 0 Å². The van der Waals surface area contributed by atoms with Gasteiger partial charge in [-0.3, -0.25) is 14.2 Å². The van der Waals surface area contributed by atoms with Crippen molar-refractivity contribution in [3.8, 4) is 5.69 Å². The average molecular weight is 440 g/mol. The number of nitrogens with one attached hydrogen (secondary N) is 1. The van der Waals surface area contributed by atoms with E-state index in [2.05, 4.69) is 17.2 Å². The lowest BCUT2D eigenvalue weighted by Gasteiger charge is -2.30. The smallest absolute Gasteiger partial charge is 0.266 e. The minimum absolute atomic E-state index is 0.0585. The van der Waals surface area contributed by atoms with Gasteiger partial charge in [-0.2, -0.15) is 0 Å². The molecule has 0 spiro atoms. The highest BCUT2D eigenvalue weighted by molar-refractivity contribution is 8.00. The van der Waals surface area contributed by atoms with E-state index >= 15 is 0 Å². The maximum Gasteiger partial charge on any atom is 0.266 e. The highest BCUT2D eigenvalue weighted by Gasteiger charge is 2.26. The van der Waals surface area contributed by atoms with Crippen molar-refractivity contribution >= 4 is 28.6 Å². The normalized spacial score (nSPS) is 19.8. The van der Waals surface area contributed by atoms with Gasteiger partial charge in [0.15, 0.2) is 5.16 Å². The number of rotatable bonds is 5. The van der Waals surface area contributed by atoms with Gasteiger partial charge in [-0.05, 0) is 62.1 Å². The highest BCUT2D eigenvalue weighted by Crippen LogP contribution is 2.27. The molecule has 1 fully saturated rings. The van der Waals surface area contributed by atoms with Gasteiger partial charge in [-0.1, -0.05) is 43.7 Å². The molecule has 4 rings (SSSR count). The zero-order valence-corrected chi connectivity index (χ0v) is 18.5. The van der Waals surface area contributed by atoms with Crippen LogP contribution >= 0.6 is 11.8 Å². The third kappa shape index (κ3) is 4.66. The fourth-order valence-corrected chi connectivity index (χ4v) is 4.99. The van der Waals surface area contributed by atoms with E-state index in [1.165, 1.54) is 34.9 Å². The number of carbonyl (C=O) groups excluding carboxylic acids is 1. The summed E-state index contributed by atoms with van der Waals surface area (Å²) in [4.78, 5) is 30.8. The Hall–Kier alpha value is -2.67. The van der Waals surface area contributed by atoms with Crippen molar-refractivity contribution in [2.45, 2.75) is 56.0 Å². The molecule has 162 valence electrons. The van der Waals surface area contributed by atoms with E-state index in [0.717, 1.165) is 19.3 Å². The van der Waals surface area contributed by atoms with Crippen LogP contribution in [-0.2, 0) is 4.79 Å². The number of para-hydroxylation sites is 1. The van der Waals surface area contributed by atoms with Gasteiger partial charge >= 0.3 is 0 Å². The predicted octanol–water partition coefficient (Wildman–Crippen LogP) is 4.70. The third-order valence-electron chi connectivity index (χ3n) is 5.92. The second kappa shape index (κ2) is 9.22. The minimum Gasteiger partial charge on any atom is -0.352 e. The maximum atomic E-state index is 13.5. The van der Waals surface area contributed by atoms with E-state index in [4.69, 9.17) is 0 Å². The lowest BCUT2D eigenvalue weighted by Crippen LogP contribution is -2.44. The van der Waals surface area contributed by atoms with Gasteiger partial charge in [0.1, 0.15) is 5.82 Å². The standard InChI is InChI=1S/C24H26FN3O2S/c1-15-7-3-5-9-20(15)26-22(29)16(2)31-24-27-21-10-6-4-8-19(21)23(30)28(24)18-13-11-17(25)12-14-18/h4,6,8,10-16,20H,3,5,7,9H2,1-2H3,(H,26,29). The largest absolute Gasteiger partial charge is 0.352 e. The Bertz CT molecular complexity index is 1150. The monoisotopic (exact) mass is 439 g/mol. The molecule has 31 heavy (non-hydrogen) atoms. The molecule has 3 unspecified atom stereocenters. The lowest BCUT2D eigenvalue weighted by atomic mass is 9.86. The number of thioether (sulfide) groups is 1. The Balaban J connectivity index is 1.67. The number of aromatic nitrogens is 2. The Morgan fingerprint density at radius 1 is 1.16 bits per heavy atom. The van der Waals surface area contributed by atoms with Crippen LogP contribution in [0.3, 0.4) is 0 Å². The van der Waals surface area contributed by atoms with Gasteiger partial charge < -0.3 is 5.32 Å². The number of carbonyl (C=O) groups is 1. The molecule has 1 amide bonds. The molecule has 0 aliphatic heterocycles. The van der Waals surface area contributed by atoms with Crippen molar-refractivity contribution in [3.05, 3.63) is 64.7 Å². The van der Waals surface area contributed by atoms with Crippen LogP contribution < -0.4 is 10.9 Å². The Labute approximate surface area is 185 Å². The summed E-state index contributed by atoms with van der Waals surface area (Å²) in [5, 5.41) is 3.63. The van der Waals surface area contributed by atoms with Crippen molar-refractivity contribution in [3.63, 3.8) is 0 Å². The molecule has 3 atom stereocenters.